The van der Waals surface area contributed by atoms with Gasteiger partial charge in [-0.3, -0.25) is 28.9 Å². The SMILES string of the molecule is Cn1c(=O)n(C2CCC(=O)NC2=O)c2cccc(COC3CCN(C(C)(C)C)CC3)c21. The van der Waals surface area contributed by atoms with Crippen LogP contribution in [0, 0.1) is 0 Å². The van der Waals surface area contributed by atoms with Crippen LogP contribution in [0.25, 0.3) is 11.0 Å². The number of fused-ring (bicyclic) bond motifs is 1. The van der Waals surface area contributed by atoms with Gasteiger partial charge in [0, 0.05) is 37.7 Å². The van der Waals surface area contributed by atoms with E-state index in [1.54, 1.807) is 11.6 Å². The van der Waals surface area contributed by atoms with Gasteiger partial charge in [0.05, 0.1) is 23.7 Å². The molecule has 1 N–H and O–H groups in total. The van der Waals surface area contributed by atoms with Gasteiger partial charge < -0.3 is 4.74 Å². The van der Waals surface area contributed by atoms with Crippen molar-refractivity contribution in [2.24, 2.45) is 7.05 Å². The van der Waals surface area contributed by atoms with Crippen molar-refractivity contribution < 1.29 is 14.3 Å². The van der Waals surface area contributed by atoms with E-state index < -0.39 is 11.9 Å². The number of aryl methyl sites for hydroxylation is 1. The van der Waals surface area contributed by atoms with Crippen LogP contribution < -0.4 is 11.0 Å². The monoisotopic (exact) mass is 428 g/mol. The van der Waals surface area contributed by atoms with E-state index in [0.29, 0.717) is 18.5 Å². The standard InChI is InChI=1S/C23H32N4O4/c1-23(2,3)26-12-10-16(11-13-26)31-14-15-6-5-7-17-20(15)25(4)22(30)27(17)18-8-9-19(28)24-21(18)29/h5-7,16,18H,8-14H2,1-4H3,(H,24,28,29). The maximum Gasteiger partial charge on any atom is 0.329 e. The van der Waals surface area contributed by atoms with E-state index in [9.17, 15) is 14.4 Å². The largest absolute Gasteiger partial charge is 0.373 e. The second-order valence-corrected chi connectivity index (χ2v) is 9.63. The van der Waals surface area contributed by atoms with E-state index in [0.717, 1.165) is 37.0 Å². The number of benzene rings is 1. The molecule has 2 aromatic rings. The molecule has 1 aromatic carbocycles. The third-order valence-corrected chi connectivity index (χ3v) is 6.57. The summed E-state index contributed by atoms with van der Waals surface area (Å²) in [6.07, 6.45) is 2.74. The number of carbonyl (C=O) groups excluding carboxylic acids is 2. The summed E-state index contributed by atoms with van der Waals surface area (Å²) in [5.74, 6) is -0.709. The summed E-state index contributed by atoms with van der Waals surface area (Å²) in [5, 5.41) is 2.35. The highest BCUT2D eigenvalue weighted by molar-refractivity contribution is 6.00. The molecule has 3 heterocycles. The van der Waals surface area contributed by atoms with Gasteiger partial charge in [-0.25, -0.2) is 4.79 Å². The van der Waals surface area contributed by atoms with Gasteiger partial charge in [-0.05, 0) is 46.1 Å². The fraction of sp³-hybridized carbons (Fsp3) is 0.609. The molecule has 2 aliphatic rings. The summed E-state index contributed by atoms with van der Waals surface area (Å²) in [7, 11) is 1.72. The average molecular weight is 429 g/mol. The van der Waals surface area contributed by atoms with E-state index in [2.05, 4.69) is 31.0 Å². The lowest BCUT2D eigenvalue weighted by Crippen LogP contribution is -2.47. The van der Waals surface area contributed by atoms with Crippen molar-refractivity contribution in [1.29, 1.82) is 0 Å². The summed E-state index contributed by atoms with van der Waals surface area (Å²) in [5.41, 5.74) is 2.33. The maximum atomic E-state index is 13.0. The molecule has 168 valence electrons. The van der Waals surface area contributed by atoms with Crippen molar-refractivity contribution in [2.75, 3.05) is 13.1 Å². The quantitative estimate of drug-likeness (QED) is 0.754. The van der Waals surface area contributed by atoms with Crippen LogP contribution in [-0.2, 0) is 28.0 Å². The van der Waals surface area contributed by atoms with Crippen LogP contribution in [0.2, 0.25) is 0 Å². The third-order valence-electron chi connectivity index (χ3n) is 6.57. The van der Waals surface area contributed by atoms with Crippen LogP contribution in [0.3, 0.4) is 0 Å². The van der Waals surface area contributed by atoms with E-state index in [1.165, 1.54) is 4.57 Å². The van der Waals surface area contributed by atoms with Crippen molar-refractivity contribution >= 4 is 22.8 Å². The van der Waals surface area contributed by atoms with E-state index >= 15 is 0 Å². The Hall–Kier alpha value is -2.45. The van der Waals surface area contributed by atoms with Gasteiger partial charge in [-0.1, -0.05) is 12.1 Å². The van der Waals surface area contributed by atoms with Crippen LogP contribution >= 0.6 is 0 Å². The Balaban J connectivity index is 1.55. The Kier molecular flexibility index (Phi) is 5.79. The van der Waals surface area contributed by atoms with Crippen molar-refractivity contribution in [3.63, 3.8) is 0 Å². The number of ether oxygens (including phenoxy) is 1. The maximum absolute atomic E-state index is 13.0. The number of aromatic nitrogens is 2. The molecule has 0 radical (unpaired) electrons. The van der Waals surface area contributed by atoms with Gasteiger partial charge in [0.1, 0.15) is 6.04 Å². The summed E-state index contributed by atoms with van der Waals surface area (Å²) in [6.45, 7) is 9.17. The number of hydrogen-bond donors (Lipinski definition) is 1. The molecule has 1 aromatic heterocycles. The number of hydrogen-bond acceptors (Lipinski definition) is 5. The molecule has 8 nitrogen and oxygen atoms in total. The van der Waals surface area contributed by atoms with E-state index in [4.69, 9.17) is 4.74 Å². The minimum atomic E-state index is -0.674. The van der Waals surface area contributed by atoms with Gasteiger partial charge in [0.25, 0.3) is 0 Å². The number of rotatable bonds is 4. The Morgan fingerprint density at radius 1 is 1.10 bits per heavy atom. The number of imidazole rings is 1. The zero-order chi connectivity index (χ0) is 22.3. The first-order valence-corrected chi connectivity index (χ1v) is 11.1. The molecule has 2 aliphatic heterocycles. The fourth-order valence-corrected chi connectivity index (χ4v) is 4.77. The average Bonchev–Trinajstić information content (AvgIpc) is 2.97. The molecule has 2 amide bonds. The van der Waals surface area contributed by atoms with Crippen LogP contribution in [0.4, 0.5) is 0 Å². The molecule has 1 unspecified atom stereocenters. The molecule has 2 fully saturated rings. The van der Waals surface area contributed by atoms with Crippen molar-refractivity contribution in [1.82, 2.24) is 19.4 Å². The Bertz CT molecular complexity index is 1050. The lowest BCUT2D eigenvalue weighted by Gasteiger charge is -2.40. The van der Waals surface area contributed by atoms with Gasteiger partial charge >= 0.3 is 5.69 Å². The second-order valence-electron chi connectivity index (χ2n) is 9.63. The summed E-state index contributed by atoms with van der Waals surface area (Å²) < 4.78 is 9.35. The number of carbonyl (C=O) groups is 2. The molecule has 0 bridgehead atoms. The molecule has 1 atom stereocenters. The number of para-hydroxylation sites is 1. The van der Waals surface area contributed by atoms with Crippen LogP contribution in [0.5, 0.6) is 0 Å². The zero-order valence-corrected chi connectivity index (χ0v) is 18.8. The zero-order valence-electron chi connectivity index (χ0n) is 18.8. The second kappa shape index (κ2) is 8.24. The topological polar surface area (TPSA) is 85.6 Å². The van der Waals surface area contributed by atoms with Crippen LogP contribution in [0.1, 0.15) is 58.1 Å². The number of amides is 2. The Morgan fingerprint density at radius 3 is 2.45 bits per heavy atom. The first-order chi connectivity index (χ1) is 14.7. The Morgan fingerprint density at radius 2 is 1.81 bits per heavy atom. The highest BCUT2D eigenvalue weighted by Gasteiger charge is 2.32. The predicted molar refractivity (Wildman–Crippen MR) is 118 cm³/mol. The lowest BCUT2D eigenvalue weighted by atomic mass is 9.99. The molecule has 0 saturated carbocycles. The molecule has 31 heavy (non-hydrogen) atoms. The summed E-state index contributed by atoms with van der Waals surface area (Å²) >= 11 is 0. The van der Waals surface area contributed by atoms with Crippen molar-refractivity contribution in [3.05, 3.63) is 34.2 Å². The summed E-state index contributed by atoms with van der Waals surface area (Å²) in [6, 6.07) is 5.05. The number of nitrogens with zero attached hydrogens (tertiary/aromatic N) is 3. The normalized spacial score (nSPS) is 21.6. The smallest absolute Gasteiger partial charge is 0.329 e. The van der Waals surface area contributed by atoms with Crippen molar-refractivity contribution in [2.45, 2.75) is 70.7 Å². The number of imide groups is 1. The van der Waals surface area contributed by atoms with E-state index in [-0.39, 0.29) is 29.7 Å². The fourth-order valence-electron chi connectivity index (χ4n) is 4.77. The molecular formula is C23H32N4O4. The van der Waals surface area contributed by atoms with Crippen LogP contribution in [0.15, 0.2) is 23.0 Å². The first kappa shape index (κ1) is 21.8. The number of piperidine rings is 2. The van der Waals surface area contributed by atoms with Crippen LogP contribution in [-0.4, -0.2) is 50.6 Å². The minimum Gasteiger partial charge on any atom is -0.373 e. The highest BCUT2D eigenvalue weighted by Crippen LogP contribution is 2.27. The van der Waals surface area contributed by atoms with Gasteiger partial charge in [0.15, 0.2) is 0 Å². The molecule has 2 saturated heterocycles. The molecule has 0 spiro atoms. The minimum absolute atomic E-state index is 0.174. The lowest BCUT2D eigenvalue weighted by molar-refractivity contribution is -0.135. The summed E-state index contributed by atoms with van der Waals surface area (Å²) in [4.78, 5) is 39.4. The van der Waals surface area contributed by atoms with Crippen molar-refractivity contribution in [3.8, 4) is 0 Å². The Labute approximate surface area is 182 Å². The molecule has 4 rings (SSSR count). The number of nitrogens with one attached hydrogen (secondary N) is 1. The van der Waals surface area contributed by atoms with E-state index in [1.807, 2.05) is 18.2 Å². The first-order valence-electron chi connectivity index (χ1n) is 11.1. The third kappa shape index (κ3) is 4.19. The predicted octanol–water partition coefficient (Wildman–Crippen LogP) is 2.10. The van der Waals surface area contributed by atoms with Gasteiger partial charge in [-0.2, -0.15) is 0 Å². The van der Waals surface area contributed by atoms with Gasteiger partial charge in [0.2, 0.25) is 11.8 Å². The molecule has 8 heteroatoms. The van der Waals surface area contributed by atoms with Gasteiger partial charge in [-0.15, -0.1) is 0 Å². The molecule has 0 aliphatic carbocycles. The highest BCUT2D eigenvalue weighted by atomic mass is 16.5. The number of likely N-dealkylation sites (tertiary alicyclic amines) is 1. The molecular weight excluding hydrogens is 396 g/mol.